The molecule has 2 rings (SSSR count). The van der Waals surface area contributed by atoms with E-state index < -0.39 is 11.5 Å². The molecular weight excluding hydrogens is 230 g/mol. The number of hydrogen-bond donors (Lipinski definition) is 1. The summed E-state index contributed by atoms with van der Waals surface area (Å²) in [7, 11) is 0. The maximum atomic E-state index is 11.8. The van der Waals surface area contributed by atoms with E-state index in [0.29, 0.717) is 19.4 Å². The zero-order valence-corrected chi connectivity index (χ0v) is 10.4. The highest BCUT2D eigenvalue weighted by Crippen LogP contribution is 2.39. The predicted molar refractivity (Wildman–Crippen MR) is 67.1 cm³/mol. The van der Waals surface area contributed by atoms with Gasteiger partial charge < -0.3 is 10.0 Å². The molecule has 0 spiro atoms. The second-order valence-corrected chi connectivity index (χ2v) is 4.57. The molecule has 18 heavy (non-hydrogen) atoms. The molecule has 1 aliphatic rings. The molecule has 1 unspecified atom stereocenters. The summed E-state index contributed by atoms with van der Waals surface area (Å²) in [5, 5.41) is 9.67. The third-order valence-corrected chi connectivity index (χ3v) is 3.76. The van der Waals surface area contributed by atoms with Crippen LogP contribution in [0.3, 0.4) is 0 Å². The number of carboxylic acid groups (broad SMARTS) is 1. The topological polar surface area (TPSA) is 57.6 Å². The summed E-state index contributed by atoms with van der Waals surface area (Å²) in [6.07, 6.45) is 2.79. The quantitative estimate of drug-likeness (QED) is 0.825. The Kier molecular flexibility index (Phi) is 3.36. The summed E-state index contributed by atoms with van der Waals surface area (Å²) in [4.78, 5) is 24.4. The van der Waals surface area contributed by atoms with Crippen LogP contribution in [0.1, 0.15) is 30.9 Å². The first-order valence-corrected chi connectivity index (χ1v) is 6.20. The summed E-state index contributed by atoms with van der Waals surface area (Å²) >= 11 is 0. The highest BCUT2D eigenvalue weighted by Gasteiger charge is 2.47. The second-order valence-electron chi connectivity index (χ2n) is 4.57. The lowest BCUT2D eigenvalue weighted by atomic mass is 9.75. The lowest BCUT2D eigenvalue weighted by Crippen LogP contribution is -2.53. The van der Waals surface area contributed by atoms with Crippen LogP contribution in [-0.2, 0) is 21.5 Å². The van der Waals surface area contributed by atoms with Crippen molar-refractivity contribution in [2.24, 2.45) is 0 Å². The van der Waals surface area contributed by atoms with Crippen molar-refractivity contribution in [2.45, 2.75) is 31.7 Å². The van der Waals surface area contributed by atoms with Crippen molar-refractivity contribution in [1.29, 1.82) is 0 Å². The molecule has 0 saturated heterocycles. The van der Waals surface area contributed by atoms with Crippen molar-refractivity contribution in [2.75, 3.05) is 6.54 Å². The molecule has 0 aromatic heterocycles. The Bertz CT molecular complexity index is 472. The third-order valence-electron chi connectivity index (χ3n) is 3.76. The number of carbonyl (C=O) groups excluding carboxylic acids is 1. The monoisotopic (exact) mass is 247 g/mol. The van der Waals surface area contributed by atoms with Crippen LogP contribution in [-0.4, -0.2) is 28.9 Å². The molecule has 4 heteroatoms. The van der Waals surface area contributed by atoms with Gasteiger partial charge in [-0.25, -0.2) is 4.79 Å². The normalized spacial score (nSPS) is 22.1. The van der Waals surface area contributed by atoms with Gasteiger partial charge in [-0.2, -0.15) is 0 Å². The van der Waals surface area contributed by atoms with Crippen LogP contribution in [0.25, 0.3) is 0 Å². The molecule has 0 radical (unpaired) electrons. The van der Waals surface area contributed by atoms with Crippen LogP contribution < -0.4 is 0 Å². The van der Waals surface area contributed by atoms with Gasteiger partial charge in [0.05, 0.1) is 0 Å². The number of aryl methyl sites for hydroxylation is 1. The molecule has 1 N–H and O–H groups in total. The van der Waals surface area contributed by atoms with Crippen LogP contribution >= 0.6 is 0 Å². The molecule has 0 heterocycles. The molecule has 1 aromatic rings. The number of carbonyl (C=O) groups is 2. The Balaban J connectivity index is 2.63. The average Bonchev–Trinajstić information content (AvgIpc) is 2.40. The van der Waals surface area contributed by atoms with Crippen LogP contribution in [0.2, 0.25) is 0 Å². The van der Waals surface area contributed by atoms with Gasteiger partial charge in [-0.3, -0.25) is 4.79 Å². The predicted octanol–water partition coefficient (Wildman–Crippen LogP) is 1.78. The van der Waals surface area contributed by atoms with Crippen molar-refractivity contribution in [3.63, 3.8) is 0 Å². The van der Waals surface area contributed by atoms with Crippen molar-refractivity contribution < 1.29 is 14.7 Å². The first-order valence-electron chi connectivity index (χ1n) is 6.20. The van der Waals surface area contributed by atoms with Gasteiger partial charge in [-0.1, -0.05) is 24.3 Å². The molecule has 0 bridgehead atoms. The van der Waals surface area contributed by atoms with Gasteiger partial charge in [0.15, 0.2) is 5.54 Å². The fourth-order valence-corrected chi connectivity index (χ4v) is 2.89. The van der Waals surface area contributed by atoms with Gasteiger partial charge in [0.2, 0.25) is 6.41 Å². The molecule has 1 atom stereocenters. The number of fused-ring (bicyclic) bond motifs is 1. The van der Waals surface area contributed by atoms with Crippen molar-refractivity contribution in [3.05, 3.63) is 35.4 Å². The van der Waals surface area contributed by atoms with E-state index in [4.69, 9.17) is 0 Å². The van der Waals surface area contributed by atoms with Crippen molar-refractivity contribution in [3.8, 4) is 0 Å². The average molecular weight is 247 g/mol. The number of amides is 1. The van der Waals surface area contributed by atoms with E-state index in [1.165, 1.54) is 4.90 Å². The lowest BCUT2D eigenvalue weighted by molar-refractivity contribution is -0.157. The number of aliphatic carboxylic acids is 1. The first kappa shape index (κ1) is 12.6. The minimum Gasteiger partial charge on any atom is -0.479 e. The van der Waals surface area contributed by atoms with Gasteiger partial charge >= 0.3 is 5.97 Å². The minimum absolute atomic E-state index is 0.393. The summed E-state index contributed by atoms with van der Waals surface area (Å²) in [6.45, 7) is 2.19. The number of nitrogens with zero attached hydrogens (tertiary/aromatic N) is 1. The van der Waals surface area contributed by atoms with Crippen LogP contribution in [0, 0.1) is 0 Å². The number of carboxylic acids is 1. The number of likely N-dealkylation sites (N-methyl/N-ethyl adjacent to an activating group) is 1. The molecule has 4 nitrogen and oxygen atoms in total. The maximum absolute atomic E-state index is 11.8. The molecule has 1 aromatic carbocycles. The third kappa shape index (κ3) is 1.68. The van der Waals surface area contributed by atoms with Crippen LogP contribution in [0.5, 0.6) is 0 Å². The highest BCUT2D eigenvalue weighted by molar-refractivity contribution is 5.84. The van der Waals surface area contributed by atoms with Crippen LogP contribution in [0.15, 0.2) is 24.3 Å². The molecule has 1 amide bonds. The molecule has 1 aliphatic carbocycles. The molecule has 0 fully saturated rings. The zero-order valence-electron chi connectivity index (χ0n) is 10.4. The molecule has 96 valence electrons. The van der Waals surface area contributed by atoms with E-state index in [1.54, 1.807) is 6.92 Å². The summed E-state index contributed by atoms with van der Waals surface area (Å²) < 4.78 is 0. The Hall–Kier alpha value is -1.84. The lowest BCUT2D eigenvalue weighted by Gasteiger charge is -2.42. The summed E-state index contributed by atoms with van der Waals surface area (Å²) in [5.74, 6) is -0.941. The smallest absolute Gasteiger partial charge is 0.334 e. The number of rotatable bonds is 4. The number of benzene rings is 1. The Morgan fingerprint density at radius 3 is 2.83 bits per heavy atom. The highest BCUT2D eigenvalue weighted by atomic mass is 16.4. The Labute approximate surface area is 106 Å². The van der Waals surface area contributed by atoms with Gasteiger partial charge in [-0.05, 0) is 37.3 Å². The van der Waals surface area contributed by atoms with Gasteiger partial charge in [0.25, 0.3) is 0 Å². The van der Waals surface area contributed by atoms with Gasteiger partial charge in [0.1, 0.15) is 0 Å². The van der Waals surface area contributed by atoms with Crippen LogP contribution in [0.4, 0.5) is 0 Å². The Morgan fingerprint density at radius 2 is 2.22 bits per heavy atom. The molecule has 0 saturated carbocycles. The second kappa shape index (κ2) is 4.80. The molecular formula is C14H17NO3. The Morgan fingerprint density at radius 1 is 1.50 bits per heavy atom. The van der Waals surface area contributed by atoms with E-state index in [9.17, 15) is 14.7 Å². The first-order chi connectivity index (χ1) is 8.66. The maximum Gasteiger partial charge on any atom is 0.334 e. The van der Waals surface area contributed by atoms with Crippen molar-refractivity contribution in [1.82, 2.24) is 4.90 Å². The van der Waals surface area contributed by atoms with Gasteiger partial charge in [0, 0.05) is 6.54 Å². The summed E-state index contributed by atoms with van der Waals surface area (Å²) in [5.41, 5.74) is 0.606. The van der Waals surface area contributed by atoms with Crippen molar-refractivity contribution >= 4 is 12.4 Å². The standard InChI is InChI=1S/C14H17NO3/c1-2-15(10-16)14(13(17)18)9-5-7-11-6-3-4-8-12(11)14/h3-4,6,8,10H,2,5,7,9H2,1H3,(H,17,18). The molecule has 0 aliphatic heterocycles. The number of hydrogen-bond acceptors (Lipinski definition) is 2. The van der Waals surface area contributed by atoms with E-state index in [-0.39, 0.29) is 0 Å². The van der Waals surface area contributed by atoms with E-state index in [2.05, 4.69) is 0 Å². The zero-order chi connectivity index (χ0) is 13.2. The van der Waals surface area contributed by atoms with E-state index >= 15 is 0 Å². The fourth-order valence-electron chi connectivity index (χ4n) is 2.89. The minimum atomic E-state index is -1.19. The summed E-state index contributed by atoms with van der Waals surface area (Å²) in [6, 6.07) is 7.52. The van der Waals surface area contributed by atoms with E-state index in [0.717, 1.165) is 24.0 Å². The van der Waals surface area contributed by atoms with E-state index in [1.807, 2.05) is 24.3 Å². The fraction of sp³-hybridized carbons (Fsp3) is 0.429. The van der Waals surface area contributed by atoms with Gasteiger partial charge in [-0.15, -0.1) is 0 Å². The largest absolute Gasteiger partial charge is 0.479 e. The SMILES string of the molecule is CCN(C=O)C1(C(=O)O)CCCc2ccccc21.